The van der Waals surface area contributed by atoms with Crippen molar-refractivity contribution in [3.8, 4) is 0 Å². The van der Waals surface area contributed by atoms with Crippen LogP contribution in [-0.4, -0.2) is 27.2 Å². The quantitative estimate of drug-likeness (QED) is 0.352. The smallest absolute Gasteiger partial charge is 0.156 e. The van der Waals surface area contributed by atoms with Gasteiger partial charge in [-0.05, 0) is 125 Å². The van der Waals surface area contributed by atoms with Crippen molar-refractivity contribution in [3.63, 3.8) is 0 Å². The van der Waals surface area contributed by atoms with Gasteiger partial charge in [0.25, 0.3) is 0 Å². The molecule has 166 valence electrons. The van der Waals surface area contributed by atoms with Gasteiger partial charge in [0.2, 0.25) is 0 Å². The van der Waals surface area contributed by atoms with Crippen LogP contribution in [0.3, 0.4) is 0 Å². The minimum absolute atomic E-state index is 0.0713. The van der Waals surface area contributed by atoms with Crippen LogP contribution in [0.5, 0.6) is 0 Å². The molecule has 0 aromatic heterocycles. The fraction of sp³-hybridized carbons (Fsp3) is 0.750. The van der Waals surface area contributed by atoms with Crippen LogP contribution in [0.25, 0.3) is 0 Å². The average molecular weight is 419 g/mol. The Hall–Kier alpha value is -1.35. The summed E-state index contributed by atoms with van der Waals surface area (Å²) in [6.07, 6.45) is 15.8. The summed E-state index contributed by atoms with van der Waals surface area (Å²) in [5.41, 5.74) is 2.42. The highest BCUT2D eigenvalue weighted by atomic mass is 16.5. The highest BCUT2D eigenvalue weighted by Crippen LogP contribution is 2.59. The minimum Gasteiger partial charge on any atom is -0.286 e. The van der Waals surface area contributed by atoms with Crippen LogP contribution in [0.15, 0.2) is 29.3 Å². The second-order valence-corrected chi connectivity index (χ2v) is 12.8. The first-order valence-corrected chi connectivity index (χ1v) is 13.1. The molecule has 8 aliphatic rings. The summed E-state index contributed by atoms with van der Waals surface area (Å²) in [5.74, 6) is 6.00. The van der Waals surface area contributed by atoms with Gasteiger partial charge in [0.05, 0.1) is 11.1 Å². The molecule has 0 radical (unpaired) electrons. The molecule has 8 aliphatic carbocycles. The van der Waals surface area contributed by atoms with E-state index in [2.05, 4.69) is 31.2 Å². The van der Waals surface area contributed by atoms with E-state index in [0.717, 1.165) is 46.9 Å². The molecule has 0 heterocycles. The maximum atomic E-state index is 12.1. The van der Waals surface area contributed by atoms with Crippen molar-refractivity contribution >= 4 is 5.84 Å². The number of hydrogen-bond donors (Lipinski definition) is 1. The lowest BCUT2D eigenvalue weighted by Crippen LogP contribution is -2.61. The van der Waals surface area contributed by atoms with Crippen LogP contribution in [0.2, 0.25) is 0 Å². The lowest BCUT2D eigenvalue weighted by molar-refractivity contribution is -0.180. The van der Waals surface area contributed by atoms with Gasteiger partial charge in [0.15, 0.2) is 5.84 Å². The largest absolute Gasteiger partial charge is 0.286 e. The van der Waals surface area contributed by atoms with Crippen LogP contribution in [0.1, 0.15) is 88.2 Å². The predicted molar refractivity (Wildman–Crippen MR) is 123 cm³/mol. The Morgan fingerprint density at radius 2 is 1.23 bits per heavy atom. The molecule has 0 aliphatic heterocycles. The molecule has 3 heteroatoms. The van der Waals surface area contributed by atoms with Gasteiger partial charge in [-0.15, -0.1) is 0 Å². The van der Waals surface area contributed by atoms with Crippen molar-refractivity contribution in [2.45, 2.75) is 95.1 Å². The Morgan fingerprint density at radius 1 is 0.774 bits per heavy atom. The van der Waals surface area contributed by atoms with Crippen LogP contribution < -0.4 is 0 Å². The van der Waals surface area contributed by atoms with E-state index < -0.39 is 0 Å². The fourth-order valence-corrected chi connectivity index (χ4v) is 10.0. The van der Waals surface area contributed by atoms with Gasteiger partial charge >= 0.3 is 0 Å². The Morgan fingerprint density at radius 3 is 1.71 bits per heavy atom. The summed E-state index contributed by atoms with van der Waals surface area (Å²) in [7, 11) is 0. The maximum absolute atomic E-state index is 12.1. The summed E-state index contributed by atoms with van der Waals surface area (Å²) in [6.45, 7) is 2.19. The van der Waals surface area contributed by atoms with Gasteiger partial charge < -0.3 is 0 Å². The molecule has 3 nitrogen and oxygen atoms in total. The zero-order chi connectivity index (χ0) is 20.8. The molecule has 1 aromatic carbocycles. The normalized spacial score (nSPS) is 47.2. The van der Waals surface area contributed by atoms with Gasteiger partial charge in [0, 0.05) is 5.56 Å². The van der Waals surface area contributed by atoms with E-state index in [1.165, 1.54) is 82.6 Å². The monoisotopic (exact) mass is 418 g/mol. The molecule has 31 heavy (non-hydrogen) atoms. The van der Waals surface area contributed by atoms with Gasteiger partial charge in [-0.1, -0.05) is 24.3 Å². The zero-order valence-corrected chi connectivity index (χ0v) is 19.1. The highest BCUT2D eigenvalue weighted by molar-refractivity contribution is 6.00. The Kier molecular flexibility index (Phi) is 4.07. The first-order chi connectivity index (χ1) is 15.0. The molecule has 0 spiro atoms. The highest BCUT2D eigenvalue weighted by Gasteiger charge is 2.56. The second kappa shape index (κ2) is 6.59. The van der Waals surface area contributed by atoms with Crippen LogP contribution in [0, 0.1) is 42.4 Å². The third-order valence-electron chi connectivity index (χ3n) is 10.4. The maximum Gasteiger partial charge on any atom is 0.156 e. The van der Waals surface area contributed by atoms with Gasteiger partial charge in [-0.2, -0.15) is 0 Å². The van der Waals surface area contributed by atoms with Crippen molar-refractivity contribution in [3.05, 3.63) is 35.4 Å². The first kappa shape index (κ1) is 19.1. The summed E-state index contributed by atoms with van der Waals surface area (Å²) < 4.78 is 0. The lowest BCUT2D eigenvalue weighted by Gasteiger charge is -2.59. The molecule has 0 unspecified atom stereocenters. The number of rotatable bonds is 3. The first-order valence-electron chi connectivity index (χ1n) is 13.1. The lowest BCUT2D eigenvalue weighted by atomic mass is 9.52. The van der Waals surface area contributed by atoms with Gasteiger partial charge in [-0.25, -0.2) is 5.06 Å². The van der Waals surface area contributed by atoms with E-state index in [1.807, 2.05) is 0 Å². The Bertz CT molecular complexity index is 847. The standard InChI is InChI=1S/C28H38N2O/c1-18-4-2-3-5-25(18)26(29-27-12-19-6-20(13-27)8-21(7-19)14-27)30(31)28-15-22-9-23(16-28)11-24(10-22)17-28/h2-5,19-24,31H,6-17H2,1H3. The minimum atomic E-state index is -0.0713. The number of benzene rings is 1. The third-order valence-corrected chi connectivity index (χ3v) is 10.4. The summed E-state index contributed by atoms with van der Waals surface area (Å²) >= 11 is 0. The van der Waals surface area contributed by atoms with Gasteiger partial charge in [0.1, 0.15) is 0 Å². The fourth-order valence-electron chi connectivity index (χ4n) is 10.0. The number of nitrogens with zero attached hydrogens (tertiary/aromatic N) is 2. The average Bonchev–Trinajstić information content (AvgIpc) is 2.70. The molecule has 0 atom stereocenters. The Balaban J connectivity index is 1.32. The zero-order valence-electron chi connectivity index (χ0n) is 19.1. The number of aliphatic imine (C=N–C) groups is 1. The van der Waals surface area contributed by atoms with Crippen LogP contribution >= 0.6 is 0 Å². The second-order valence-electron chi connectivity index (χ2n) is 12.8. The Labute approximate surface area is 187 Å². The van der Waals surface area contributed by atoms with Crippen LogP contribution in [-0.2, 0) is 0 Å². The molecule has 8 fully saturated rings. The van der Waals surface area contributed by atoms with Crippen molar-refractivity contribution in [1.82, 2.24) is 5.06 Å². The van der Waals surface area contributed by atoms with Crippen molar-refractivity contribution in [2.24, 2.45) is 40.5 Å². The molecular weight excluding hydrogens is 380 g/mol. The van der Waals surface area contributed by atoms with E-state index >= 15 is 0 Å². The molecule has 9 rings (SSSR count). The molecule has 8 saturated carbocycles. The topological polar surface area (TPSA) is 35.8 Å². The predicted octanol–water partition coefficient (Wildman–Crippen LogP) is 6.37. The molecule has 0 amide bonds. The molecular formula is C28H38N2O. The number of aryl methyl sites for hydroxylation is 1. The van der Waals surface area contributed by atoms with E-state index in [-0.39, 0.29) is 11.1 Å². The van der Waals surface area contributed by atoms with E-state index in [9.17, 15) is 5.21 Å². The van der Waals surface area contributed by atoms with Gasteiger partial charge in [-0.3, -0.25) is 10.2 Å². The number of amidine groups is 1. The number of hydrogen-bond acceptors (Lipinski definition) is 2. The summed E-state index contributed by atoms with van der Waals surface area (Å²) in [5, 5.41) is 13.8. The molecule has 1 aromatic rings. The third kappa shape index (κ3) is 2.98. The summed E-state index contributed by atoms with van der Waals surface area (Å²) in [4.78, 5) is 5.65. The van der Waals surface area contributed by atoms with E-state index in [4.69, 9.17) is 4.99 Å². The van der Waals surface area contributed by atoms with Crippen LogP contribution in [0.4, 0.5) is 0 Å². The molecule has 1 N–H and O–H groups in total. The SMILES string of the molecule is Cc1ccccc1C(=NC12CC3CC(CC(C3)C1)C2)N(O)C12CC3CC(CC(C3)C1)C2. The van der Waals surface area contributed by atoms with Crippen molar-refractivity contribution in [1.29, 1.82) is 0 Å². The molecule has 0 saturated heterocycles. The van der Waals surface area contributed by atoms with Crippen molar-refractivity contribution in [2.75, 3.05) is 0 Å². The number of hydroxylamine groups is 2. The van der Waals surface area contributed by atoms with E-state index in [1.54, 1.807) is 5.06 Å². The molecule has 8 bridgehead atoms. The summed E-state index contributed by atoms with van der Waals surface area (Å²) in [6, 6.07) is 8.65. The van der Waals surface area contributed by atoms with Crippen molar-refractivity contribution < 1.29 is 5.21 Å². The van der Waals surface area contributed by atoms with E-state index in [0.29, 0.717) is 0 Å².